The minimum Gasteiger partial charge on any atom is -0.352 e. The van der Waals surface area contributed by atoms with Crippen molar-refractivity contribution in [3.8, 4) is 11.3 Å². The molecule has 0 saturated carbocycles. The van der Waals surface area contributed by atoms with Crippen molar-refractivity contribution in [3.05, 3.63) is 60.2 Å². The Morgan fingerprint density at radius 2 is 1.69 bits per heavy atom. The van der Waals surface area contributed by atoms with Crippen LogP contribution < -0.4 is 4.90 Å². The summed E-state index contributed by atoms with van der Waals surface area (Å²) in [5.74, 6) is 0.982. The third kappa shape index (κ3) is 3.32. The summed E-state index contributed by atoms with van der Waals surface area (Å²) in [6, 6.07) is 10.3. The minimum absolute atomic E-state index is 0.956. The zero-order chi connectivity index (χ0) is 17.9. The van der Waals surface area contributed by atoms with Gasteiger partial charge in [0.1, 0.15) is 5.69 Å². The van der Waals surface area contributed by atoms with Crippen LogP contribution in [0.25, 0.3) is 11.3 Å². The minimum atomic E-state index is 0.956. The van der Waals surface area contributed by atoms with E-state index in [1.54, 1.807) is 12.4 Å². The number of rotatable bonds is 4. The molecule has 0 atom stereocenters. The molecule has 1 aromatic carbocycles. The van der Waals surface area contributed by atoms with E-state index in [0.717, 1.165) is 49.8 Å². The van der Waals surface area contributed by atoms with Gasteiger partial charge < -0.3 is 4.90 Å². The second-order valence-corrected chi connectivity index (χ2v) is 6.74. The van der Waals surface area contributed by atoms with Crippen molar-refractivity contribution >= 4 is 5.82 Å². The van der Waals surface area contributed by atoms with Crippen LogP contribution in [0.1, 0.15) is 11.3 Å². The van der Waals surface area contributed by atoms with E-state index < -0.39 is 0 Å². The predicted molar refractivity (Wildman–Crippen MR) is 103 cm³/mol. The van der Waals surface area contributed by atoms with E-state index in [1.807, 2.05) is 36.1 Å². The Morgan fingerprint density at radius 3 is 2.38 bits per heavy atom. The lowest BCUT2D eigenvalue weighted by molar-refractivity contribution is 0.249. The zero-order valence-electron chi connectivity index (χ0n) is 15.3. The molecule has 2 aromatic heterocycles. The first-order chi connectivity index (χ1) is 12.7. The Balaban J connectivity index is 1.46. The van der Waals surface area contributed by atoms with Gasteiger partial charge in [-0.2, -0.15) is 5.10 Å². The first kappa shape index (κ1) is 16.7. The van der Waals surface area contributed by atoms with Gasteiger partial charge in [-0.1, -0.05) is 30.3 Å². The van der Waals surface area contributed by atoms with Crippen LogP contribution >= 0.6 is 0 Å². The first-order valence-electron chi connectivity index (χ1n) is 9.03. The van der Waals surface area contributed by atoms with Gasteiger partial charge in [-0.05, 0) is 6.92 Å². The summed E-state index contributed by atoms with van der Waals surface area (Å²) < 4.78 is 1.94. The quantitative estimate of drug-likeness (QED) is 0.725. The molecular weight excluding hydrogens is 324 g/mol. The van der Waals surface area contributed by atoms with Crippen molar-refractivity contribution in [2.45, 2.75) is 13.5 Å². The second kappa shape index (κ2) is 7.25. The van der Waals surface area contributed by atoms with Gasteiger partial charge >= 0.3 is 0 Å². The molecule has 3 heterocycles. The van der Waals surface area contributed by atoms with Gasteiger partial charge in [0.2, 0.25) is 0 Å². The van der Waals surface area contributed by atoms with Crippen molar-refractivity contribution in [3.63, 3.8) is 0 Å². The van der Waals surface area contributed by atoms with E-state index >= 15 is 0 Å². The number of aromatic nitrogens is 4. The summed E-state index contributed by atoms with van der Waals surface area (Å²) >= 11 is 0. The third-order valence-electron chi connectivity index (χ3n) is 5.13. The molecule has 0 amide bonds. The van der Waals surface area contributed by atoms with Crippen molar-refractivity contribution < 1.29 is 0 Å². The smallest absolute Gasteiger partial charge is 0.155 e. The molecule has 0 aliphatic carbocycles. The van der Waals surface area contributed by atoms with E-state index in [-0.39, 0.29) is 0 Å². The van der Waals surface area contributed by atoms with Gasteiger partial charge in [0.25, 0.3) is 0 Å². The molecule has 26 heavy (non-hydrogen) atoms. The average molecular weight is 348 g/mol. The van der Waals surface area contributed by atoms with Crippen molar-refractivity contribution in [2.75, 3.05) is 31.1 Å². The maximum absolute atomic E-state index is 4.64. The lowest BCUT2D eigenvalue weighted by Crippen LogP contribution is -2.46. The van der Waals surface area contributed by atoms with Crippen LogP contribution in [0.3, 0.4) is 0 Å². The van der Waals surface area contributed by atoms with Crippen molar-refractivity contribution in [2.24, 2.45) is 7.05 Å². The average Bonchev–Trinajstić information content (AvgIpc) is 3.01. The molecule has 0 N–H and O–H groups in total. The van der Waals surface area contributed by atoms with Crippen LogP contribution in [-0.2, 0) is 13.6 Å². The fourth-order valence-corrected chi connectivity index (χ4v) is 3.42. The number of piperazine rings is 1. The molecule has 134 valence electrons. The van der Waals surface area contributed by atoms with E-state index in [9.17, 15) is 0 Å². The Morgan fingerprint density at radius 1 is 0.962 bits per heavy atom. The topological polar surface area (TPSA) is 50.1 Å². The summed E-state index contributed by atoms with van der Waals surface area (Å²) in [5, 5.41) is 4.35. The van der Waals surface area contributed by atoms with Gasteiger partial charge in [0, 0.05) is 69.0 Å². The summed E-state index contributed by atoms with van der Waals surface area (Å²) in [4.78, 5) is 14.1. The second-order valence-electron chi connectivity index (χ2n) is 6.74. The summed E-state index contributed by atoms with van der Waals surface area (Å²) in [6.45, 7) is 7.03. The van der Waals surface area contributed by atoms with Crippen LogP contribution in [-0.4, -0.2) is 50.8 Å². The Hall–Kier alpha value is -2.73. The fourth-order valence-electron chi connectivity index (χ4n) is 3.42. The summed E-state index contributed by atoms with van der Waals surface area (Å²) in [6.07, 6.45) is 5.54. The molecule has 0 radical (unpaired) electrons. The molecule has 1 aliphatic heterocycles. The molecule has 0 spiro atoms. The highest BCUT2D eigenvalue weighted by atomic mass is 15.3. The fraction of sp³-hybridized carbons (Fsp3) is 0.350. The maximum Gasteiger partial charge on any atom is 0.155 e. The Labute approximate surface area is 154 Å². The largest absolute Gasteiger partial charge is 0.352 e. The van der Waals surface area contributed by atoms with Gasteiger partial charge in [-0.25, -0.2) is 4.98 Å². The highest BCUT2D eigenvalue weighted by Crippen LogP contribution is 2.27. The molecular formula is C20H24N6. The standard InChI is InChI=1S/C20H24N6/c1-16-18(14-23-24(16)2)15-25-10-12-26(13-11-25)20-19(21-8-9-22-20)17-6-4-3-5-7-17/h3-9,14H,10-13,15H2,1-2H3. The number of hydrogen-bond donors (Lipinski definition) is 0. The van der Waals surface area contributed by atoms with Gasteiger partial charge in [-0.3, -0.25) is 14.6 Å². The van der Waals surface area contributed by atoms with Crippen LogP contribution in [0.5, 0.6) is 0 Å². The molecule has 4 rings (SSSR count). The molecule has 1 aliphatic rings. The summed E-state index contributed by atoms with van der Waals surface area (Å²) in [5.41, 5.74) is 4.63. The molecule has 3 aromatic rings. The van der Waals surface area contributed by atoms with Gasteiger partial charge in [0.15, 0.2) is 5.82 Å². The Bertz CT molecular complexity index is 865. The SMILES string of the molecule is Cc1c(CN2CCN(c3nccnc3-c3ccccc3)CC2)cnn1C. The number of aryl methyl sites for hydroxylation is 1. The number of hydrogen-bond acceptors (Lipinski definition) is 5. The first-order valence-corrected chi connectivity index (χ1v) is 9.03. The molecule has 0 bridgehead atoms. The predicted octanol–water partition coefficient (Wildman–Crippen LogP) is 2.51. The number of benzene rings is 1. The lowest BCUT2D eigenvalue weighted by Gasteiger charge is -2.35. The molecule has 6 heteroatoms. The highest BCUT2D eigenvalue weighted by Gasteiger charge is 2.22. The van der Waals surface area contributed by atoms with E-state index in [4.69, 9.17) is 0 Å². The molecule has 1 fully saturated rings. The maximum atomic E-state index is 4.64. The van der Waals surface area contributed by atoms with E-state index in [0.29, 0.717) is 0 Å². The van der Waals surface area contributed by atoms with Gasteiger partial charge in [0.05, 0.1) is 6.20 Å². The summed E-state index contributed by atoms with van der Waals surface area (Å²) in [7, 11) is 2.00. The molecule has 0 unspecified atom stereocenters. The van der Waals surface area contributed by atoms with Crippen molar-refractivity contribution in [1.82, 2.24) is 24.6 Å². The third-order valence-corrected chi connectivity index (χ3v) is 5.13. The van der Waals surface area contributed by atoms with Gasteiger partial charge in [-0.15, -0.1) is 0 Å². The normalized spacial score (nSPS) is 15.4. The highest BCUT2D eigenvalue weighted by molar-refractivity contribution is 5.71. The zero-order valence-corrected chi connectivity index (χ0v) is 15.3. The van der Waals surface area contributed by atoms with E-state index in [1.165, 1.54) is 11.3 Å². The van der Waals surface area contributed by atoms with E-state index in [2.05, 4.69) is 43.9 Å². The van der Waals surface area contributed by atoms with Crippen molar-refractivity contribution in [1.29, 1.82) is 0 Å². The van der Waals surface area contributed by atoms with Crippen LogP contribution in [0.15, 0.2) is 48.9 Å². The Kier molecular flexibility index (Phi) is 4.67. The molecule has 6 nitrogen and oxygen atoms in total. The lowest BCUT2D eigenvalue weighted by atomic mass is 10.1. The number of anilines is 1. The van der Waals surface area contributed by atoms with Crippen LogP contribution in [0, 0.1) is 6.92 Å². The number of nitrogens with zero attached hydrogens (tertiary/aromatic N) is 6. The molecule has 1 saturated heterocycles. The van der Waals surface area contributed by atoms with Crippen LogP contribution in [0.4, 0.5) is 5.82 Å². The van der Waals surface area contributed by atoms with Crippen LogP contribution in [0.2, 0.25) is 0 Å². The monoisotopic (exact) mass is 348 g/mol.